The van der Waals surface area contributed by atoms with Crippen molar-refractivity contribution in [1.29, 1.82) is 0 Å². The van der Waals surface area contributed by atoms with Gasteiger partial charge in [0.25, 0.3) is 0 Å². The summed E-state index contributed by atoms with van der Waals surface area (Å²) >= 11 is 0. The molecule has 0 N–H and O–H groups in total. The van der Waals surface area contributed by atoms with Crippen molar-refractivity contribution in [3.8, 4) is 29.0 Å². The number of aromatic nitrogens is 2. The summed E-state index contributed by atoms with van der Waals surface area (Å²) in [6.45, 7) is 4.63. The first kappa shape index (κ1) is 20.1. The molecule has 1 aromatic carbocycles. The first-order valence-corrected chi connectivity index (χ1v) is 8.71. The molecule has 1 heterocycles. The van der Waals surface area contributed by atoms with E-state index >= 15 is 0 Å². The number of ether oxygens (including phenoxy) is 2. The minimum Gasteiger partial charge on any atom is -0.463 e. The Bertz CT molecular complexity index is 833. The molecule has 0 radical (unpaired) electrons. The zero-order valence-corrected chi connectivity index (χ0v) is 15.7. The maximum absolute atomic E-state index is 10.9. The molecule has 0 spiro atoms. The fourth-order valence-electron chi connectivity index (χ4n) is 2.37. The number of benzene rings is 1. The Morgan fingerprint density at radius 2 is 1.74 bits per heavy atom. The third-order valence-corrected chi connectivity index (χ3v) is 3.55. The molecular formula is C21H22N2O4. The first-order valence-electron chi connectivity index (χ1n) is 8.71. The van der Waals surface area contributed by atoms with E-state index < -0.39 is 5.97 Å². The highest BCUT2D eigenvalue weighted by molar-refractivity contribution is 5.69. The average molecular weight is 366 g/mol. The van der Waals surface area contributed by atoms with Gasteiger partial charge in [-0.2, -0.15) is 0 Å². The summed E-state index contributed by atoms with van der Waals surface area (Å²) in [4.78, 5) is 30.1. The van der Waals surface area contributed by atoms with E-state index in [1.54, 1.807) is 0 Å². The van der Waals surface area contributed by atoms with Gasteiger partial charge in [-0.25, -0.2) is 9.97 Å². The van der Waals surface area contributed by atoms with Gasteiger partial charge in [0.15, 0.2) is 11.6 Å². The Morgan fingerprint density at radius 3 is 2.33 bits per heavy atom. The molecule has 0 aliphatic carbocycles. The monoisotopic (exact) mass is 366 g/mol. The van der Waals surface area contributed by atoms with Crippen molar-refractivity contribution in [2.75, 3.05) is 0 Å². The molecule has 2 rings (SSSR count). The summed E-state index contributed by atoms with van der Waals surface area (Å²) in [5, 5.41) is 0. The number of carbonyl (C=O) groups excluding carboxylic acids is 2. The van der Waals surface area contributed by atoms with Crippen LogP contribution in [0, 0.1) is 11.8 Å². The van der Waals surface area contributed by atoms with Crippen LogP contribution in [0.1, 0.15) is 45.6 Å². The van der Waals surface area contributed by atoms with Crippen molar-refractivity contribution in [3.63, 3.8) is 0 Å². The van der Waals surface area contributed by atoms with E-state index in [1.807, 2.05) is 31.2 Å². The van der Waals surface area contributed by atoms with Crippen molar-refractivity contribution < 1.29 is 19.1 Å². The van der Waals surface area contributed by atoms with Gasteiger partial charge in [0, 0.05) is 31.4 Å². The van der Waals surface area contributed by atoms with Crippen LogP contribution >= 0.6 is 0 Å². The Balaban J connectivity index is 1.86. The molecule has 27 heavy (non-hydrogen) atoms. The summed E-state index contributed by atoms with van der Waals surface area (Å²) in [5.74, 6) is 6.44. The molecule has 6 nitrogen and oxygen atoms in total. The van der Waals surface area contributed by atoms with Crippen molar-refractivity contribution in [2.45, 2.75) is 46.1 Å². The first-order chi connectivity index (χ1) is 12.9. The maximum Gasteiger partial charge on any atom is 0.308 e. The predicted octanol–water partition coefficient (Wildman–Crippen LogP) is 3.54. The summed E-state index contributed by atoms with van der Waals surface area (Å²) in [6.07, 6.45) is 5.28. The molecule has 6 heteroatoms. The van der Waals surface area contributed by atoms with Crippen molar-refractivity contribution in [1.82, 2.24) is 9.97 Å². The number of rotatable bonds is 6. The highest BCUT2D eigenvalue weighted by atomic mass is 16.5. The number of unbranched alkanes of at least 4 members (excludes halogenated alkanes) is 1. The van der Waals surface area contributed by atoms with E-state index in [9.17, 15) is 9.59 Å². The lowest BCUT2D eigenvalue weighted by Crippen LogP contribution is -2.11. The SMILES string of the molecule is CC(=O)Oc1cnc(-c2ccc(C#CCCCC(C)OC(C)=O)cc2)nc1. The smallest absolute Gasteiger partial charge is 0.308 e. The molecule has 0 aliphatic heterocycles. The fourth-order valence-corrected chi connectivity index (χ4v) is 2.37. The van der Waals surface area contributed by atoms with E-state index in [4.69, 9.17) is 9.47 Å². The van der Waals surface area contributed by atoms with Gasteiger partial charge in [0.05, 0.1) is 18.5 Å². The Labute approximate surface area is 158 Å². The molecule has 1 aromatic heterocycles. The molecule has 0 saturated heterocycles. The largest absolute Gasteiger partial charge is 0.463 e. The van der Waals surface area contributed by atoms with Gasteiger partial charge in [0.2, 0.25) is 0 Å². The molecule has 0 bridgehead atoms. The zero-order chi connectivity index (χ0) is 19.6. The average Bonchev–Trinajstić information content (AvgIpc) is 2.61. The molecule has 1 unspecified atom stereocenters. The second-order valence-corrected chi connectivity index (χ2v) is 6.03. The van der Waals surface area contributed by atoms with Crippen LogP contribution in [0.25, 0.3) is 11.4 Å². The van der Waals surface area contributed by atoms with Gasteiger partial charge >= 0.3 is 11.9 Å². The van der Waals surface area contributed by atoms with Crippen LogP contribution < -0.4 is 4.74 Å². The normalized spacial score (nSPS) is 11.1. The summed E-state index contributed by atoms with van der Waals surface area (Å²) in [6, 6.07) is 7.61. The van der Waals surface area contributed by atoms with Gasteiger partial charge in [0.1, 0.15) is 0 Å². The van der Waals surface area contributed by atoms with Crippen LogP contribution in [0.15, 0.2) is 36.7 Å². The molecular weight excluding hydrogens is 344 g/mol. The van der Waals surface area contributed by atoms with Crippen molar-refractivity contribution in [3.05, 3.63) is 42.2 Å². The number of esters is 2. The minimum absolute atomic E-state index is 0.0733. The lowest BCUT2D eigenvalue weighted by atomic mass is 10.1. The quantitative estimate of drug-likeness (QED) is 0.442. The lowest BCUT2D eigenvalue weighted by Gasteiger charge is -2.09. The zero-order valence-electron chi connectivity index (χ0n) is 15.7. The van der Waals surface area contributed by atoms with Gasteiger partial charge < -0.3 is 9.47 Å². The lowest BCUT2D eigenvalue weighted by molar-refractivity contribution is -0.145. The maximum atomic E-state index is 10.9. The molecule has 140 valence electrons. The molecule has 2 aromatic rings. The van der Waals surface area contributed by atoms with E-state index in [0.717, 1.165) is 30.4 Å². The van der Waals surface area contributed by atoms with Gasteiger partial charge in [-0.05, 0) is 44.0 Å². The minimum atomic E-state index is -0.407. The summed E-state index contributed by atoms with van der Waals surface area (Å²) in [5.41, 5.74) is 1.76. The Kier molecular flexibility index (Phi) is 7.50. The van der Waals surface area contributed by atoms with Gasteiger partial charge in [-0.3, -0.25) is 9.59 Å². The van der Waals surface area contributed by atoms with Gasteiger partial charge in [-0.15, -0.1) is 0 Å². The standard InChI is InChI=1S/C21H22N2O4/c1-15(26-16(2)24)7-5-4-6-8-18-9-11-19(12-10-18)21-22-13-20(14-23-21)27-17(3)25/h9-15H,4-5,7H2,1-3H3. The third kappa shape index (κ3) is 7.28. The van der Waals surface area contributed by atoms with Crippen LogP contribution in [0.3, 0.4) is 0 Å². The number of hydrogen-bond acceptors (Lipinski definition) is 6. The van der Waals surface area contributed by atoms with Gasteiger partial charge in [-0.1, -0.05) is 11.8 Å². The van der Waals surface area contributed by atoms with E-state index in [-0.39, 0.29) is 12.1 Å². The van der Waals surface area contributed by atoms with Crippen LogP contribution in [0.2, 0.25) is 0 Å². The second kappa shape index (κ2) is 10.1. The molecule has 0 fully saturated rings. The Morgan fingerprint density at radius 1 is 1.07 bits per heavy atom. The summed E-state index contributed by atoms with van der Waals surface area (Å²) in [7, 11) is 0. The third-order valence-electron chi connectivity index (χ3n) is 3.55. The van der Waals surface area contributed by atoms with E-state index in [1.165, 1.54) is 26.2 Å². The van der Waals surface area contributed by atoms with E-state index in [2.05, 4.69) is 21.8 Å². The number of carbonyl (C=O) groups is 2. The fraction of sp³-hybridized carbons (Fsp3) is 0.333. The van der Waals surface area contributed by atoms with Crippen LogP contribution in [-0.4, -0.2) is 28.0 Å². The second-order valence-electron chi connectivity index (χ2n) is 6.03. The molecule has 1 atom stereocenters. The van der Waals surface area contributed by atoms with Crippen LogP contribution in [-0.2, 0) is 14.3 Å². The van der Waals surface area contributed by atoms with E-state index in [0.29, 0.717) is 11.6 Å². The highest BCUT2D eigenvalue weighted by Gasteiger charge is 2.04. The van der Waals surface area contributed by atoms with Crippen molar-refractivity contribution >= 4 is 11.9 Å². The predicted molar refractivity (Wildman–Crippen MR) is 101 cm³/mol. The Hall–Kier alpha value is -3.20. The van der Waals surface area contributed by atoms with Crippen molar-refractivity contribution in [2.24, 2.45) is 0 Å². The number of nitrogens with zero attached hydrogens (tertiary/aromatic N) is 2. The molecule has 0 amide bonds. The van der Waals surface area contributed by atoms with Crippen LogP contribution in [0.5, 0.6) is 5.75 Å². The molecule has 0 saturated carbocycles. The van der Waals surface area contributed by atoms with Crippen LogP contribution in [0.4, 0.5) is 0 Å². The topological polar surface area (TPSA) is 78.4 Å². The number of hydrogen-bond donors (Lipinski definition) is 0. The molecule has 0 aliphatic rings. The highest BCUT2D eigenvalue weighted by Crippen LogP contribution is 2.17. The summed E-state index contributed by atoms with van der Waals surface area (Å²) < 4.78 is 9.99.